The molecule has 1 atom stereocenters. The van der Waals surface area contributed by atoms with E-state index in [-0.39, 0.29) is 18.1 Å². The molecule has 0 aromatic carbocycles. The van der Waals surface area contributed by atoms with Crippen LogP contribution in [0.3, 0.4) is 0 Å². The molecule has 1 unspecified atom stereocenters. The van der Waals surface area contributed by atoms with E-state index in [0.717, 1.165) is 12.8 Å². The zero-order valence-corrected chi connectivity index (χ0v) is 7.80. The molecule has 0 amide bonds. The van der Waals surface area contributed by atoms with E-state index in [1.807, 2.05) is 13.8 Å². The first kappa shape index (κ1) is 10.9. The molecule has 0 bridgehead atoms. The van der Waals surface area contributed by atoms with Gasteiger partial charge in [-0.25, -0.2) is 0 Å². The molecule has 2 heteroatoms. The van der Waals surface area contributed by atoms with Crippen LogP contribution in [0.2, 0.25) is 0 Å². The lowest BCUT2D eigenvalue weighted by Gasteiger charge is -2.24. The van der Waals surface area contributed by atoms with Crippen LogP contribution >= 0.6 is 0 Å². The topological polar surface area (TPSA) is 40.5 Å². The van der Waals surface area contributed by atoms with Crippen LogP contribution in [0.1, 0.15) is 40.0 Å². The molecule has 0 fully saturated rings. The highest BCUT2D eigenvalue weighted by Gasteiger charge is 2.20. The third-order valence-corrected chi connectivity index (χ3v) is 1.84. The van der Waals surface area contributed by atoms with E-state index in [4.69, 9.17) is 5.11 Å². The van der Waals surface area contributed by atoms with Crippen molar-refractivity contribution in [1.82, 2.24) is 0 Å². The molecule has 0 heterocycles. The third kappa shape index (κ3) is 5.22. The monoisotopic (exact) mass is 160 g/mol. The summed E-state index contributed by atoms with van der Waals surface area (Å²) in [7, 11) is 0. The van der Waals surface area contributed by atoms with E-state index in [1.54, 1.807) is 0 Å². The van der Waals surface area contributed by atoms with Crippen LogP contribution in [-0.2, 0) is 0 Å². The zero-order valence-electron chi connectivity index (χ0n) is 7.80. The van der Waals surface area contributed by atoms with Gasteiger partial charge in [0.25, 0.3) is 0 Å². The van der Waals surface area contributed by atoms with Gasteiger partial charge >= 0.3 is 0 Å². The highest BCUT2D eigenvalue weighted by atomic mass is 16.3. The second kappa shape index (κ2) is 4.73. The lowest BCUT2D eigenvalue weighted by Crippen LogP contribution is -2.23. The fourth-order valence-corrected chi connectivity index (χ4v) is 1.14. The van der Waals surface area contributed by atoms with Crippen molar-refractivity contribution in [2.24, 2.45) is 5.41 Å². The summed E-state index contributed by atoms with van der Waals surface area (Å²) in [5.41, 5.74) is -0.130. The van der Waals surface area contributed by atoms with E-state index >= 15 is 0 Å². The van der Waals surface area contributed by atoms with Crippen LogP contribution in [0, 0.1) is 5.41 Å². The average Bonchev–Trinajstić information content (AvgIpc) is 1.87. The summed E-state index contributed by atoms with van der Waals surface area (Å²) in [6.45, 7) is 6.13. The first-order valence-corrected chi connectivity index (χ1v) is 4.31. The molecule has 0 rings (SSSR count). The van der Waals surface area contributed by atoms with Crippen molar-refractivity contribution in [3.63, 3.8) is 0 Å². The SMILES string of the molecule is CCCC(O)CC(C)(C)CO. The van der Waals surface area contributed by atoms with Crippen molar-refractivity contribution in [2.45, 2.75) is 46.1 Å². The van der Waals surface area contributed by atoms with Gasteiger partial charge in [0, 0.05) is 6.61 Å². The maximum Gasteiger partial charge on any atom is 0.0546 e. The van der Waals surface area contributed by atoms with Crippen molar-refractivity contribution >= 4 is 0 Å². The van der Waals surface area contributed by atoms with Gasteiger partial charge in [0.2, 0.25) is 0 Å². The van der Waals surface area contributed by atoms with Gasteiger partial charge in [0.1, 0.15) is 0 Å². The third-order valence-electron chi connectivity index (χ3n) is 1.84. The van der Waals surface area contributed by atoms with Crippen LogP contribution < -0.4 is 0 Å². The molecule has 11 heavy (non-hydrogen) atoms. The van der Waals surface area contributed by atoms with Gasteiger partial charge < -0.3 is 10.2 Å². The number of rotatable bonds is 5. The Morgan fingerprint density at radius 3 is 2.27 bits per heavy atom. The van der Waals surface area contributed by atoms with Crippen molar-refractivity contribution in [2.75, 3.05) is 6.61 Å². The summed E-state index contributed by atoms with van der Waals surface area (Å²) in [6.07, 6.45) is 2.28. The second-order valence-electron chi connectivity index (χ2n) is 3.97. The minimum absolute atomic E-state index is 0.130. The van der Waals surface area contributed by atoms with Gasteiger partial charge in [0.05, 0.1) is 6.10 Å². The van der Waals surface area contributed by atoms with Gasteiger partial charge in [-0.15, -0.1) is 0 Å². The van der Waals surface area contributed by atoms with E-state index in [9.17, 15) is 5.11 Å². The summed E-state index contributed by atoms with van der Waals surface area (Å²) < 4.78 is 0. The Kier molecular flexibility index (Phi) is 4.69. The lowest BCUT2D eigenvalue weighted by atomic mass is 9.86. The predicted molar refractivity (Wildman–Crippen MR) is 46.4 cm³/mol. The van der Waals surface area contributed by atoms with Crippen molar-refractivity contribution in [3.8, 4) is 0 Å². The lowest BCUT2D eigenvalue weighted by molar-refractivity contribution is 0.0676. The van der Waals surface area contributed by atoms with Crippen LogP contribution in [0.5, 0.6) is 0 Å². The molecule has 0 aliphatic rings. The summed E-state index contributed by atoms with van der Waals surface area (Å²) in [4.78, 5) is 0. The number of aliphatic hydroxyl groups excluding tert-OH is 2. The predicted octanol–water partition coefficient (Wildman–Crippen LogP) is 1.56. The van der Waals surface area contributed by atoms with Crippen LogP contribution in [0.4, 0.5) is 0 Å². The van der Waals surface area contributed by atoms with Gasteiger partial charge in [-0.1, -0.05) is 27.2 Å². The highest BCUT2D eigenvalue weighted by Crippen LogP contribution is 2.22. The van der Waals surface area contributed by atoms with Crippen molar-refractivity contribution < 1.29 is 10.2 Å². The van der Waals surface area contributed by atoms with E-state index < -0.39 is 0 Å². The maximum atomic E-state index is 9.40. The molecule has 68 valence electrons. The molecule has 0 aliphatic heterocycles. The minimum atomic E-state index is -0.248. The Morgan fingerprint density at radius 2 is 1.91 bits per heavy atom. The van der Waals surface area contributed by atoms with Crippen LogP contribution in [0.15, 0.2) is 0 Å². The molecule has 0 aromatic rings. The van der Waals surface area contributed by atoms with Crippen molar-refractivity contribution in [1.29, 1.82) is 0 Å². The van der Waals surface area contributed by atoms with Gasteiger partial charge in [0.15, 0.2) is 0 Å². The van der Waals surface area contributed by atoms with Gasteiger partial charge in [-0.3, -0.25) is 0 Å². The summed E-state index contributed by atoms with van der Waals surface area (Å²) in [5.74, 6) is 0. The Hall–Kier alpha value is -0.0800. The van der Waals surface area contributed by atoms with Crippen LogP contribution in [-0.4, -0.2) is 22.9 Å². The quantitative estimate of drug-likeness (QED) is 0.640. The molecule has 0 radical (unpaired) electrons. The van der Waals surface area contributed by atoms with Gasteiger partial charge in [-0.05, 0) is 18.3 Å². The Balaban J connectivity index is 3.64. The van der Waals surface area contributed by atoms with Crippen LogP contribution in [0.25, 0.3) is 0 Å². The molecule has 2 nitrogen and oxygen atoms in total. The van der Waals surface area contributed by atoms with E-state index in [1.165, 1.54) is 0 Å². The molecule has 0 saturated carbocycles. The summed E-state index contributed by atoms with van der Waals surface area (Å²) in [5, 5.41) is 18.3. The molecule has 0 spiro atoms. The Morgan fingerprint density at radius 1 is 1.36 bits per heavy atom. The number of hydrogen-bond donors (Lipinski definition) is 2. The molecular formula is C9H20O2. The van der Waals surface area contributed by atoms with E-state index in [2.05, 4.69) is 6.92 Å². The second-order valence-corrected chi connectivity index (χ2v) is 3.97. The highest BCUT2D eigenvalue weighted by molar-refractivity contribution is 4.71. The zero-order chi connectivity index (χ0) is 8.91. The Bertz CT molecular complexity index is 99.7. The Labute approximate surface area is 69.2 Å². The average molecular weight is 160 g/mol. The largest absolute Gasteiger partial charge is 0.396 e. The molecule has 0 aliphatic carbocycles. The summed E-state index contributed by atoms with van der Waals surface area (Å²) >= 11 is 0. The molecule has 0 aromatic heterocycles. The molecule has 0 saturated heterocycles. The normalized spacial score (nSPS) is 15.0. The summed E-state index contributed by atoms with van der Waals surface area (Å²) in [6, 6.07) is 0. The number of aliphatic hydroxyl groups is 2. The molecular weight excluding hydrogens is 140 g/mol. The van der Waals surface area contributed by atoms with Gasteiger partial charge in [-0.2, -0.15) is 0 Å². The van der Waals surface area contributed by atoms with Crippen molar-refractivity contribution in [3.05, 3.63) is 0 Å². The smallest absolute Gasteiger partial charge is 0.0546 e. The molecule has 2 N–H and O–H groups in total. The maximum absolute atomic E-state index is 9.40. The first-order chi connectivity index (χ1) is 5.02. The fraction of sp³-hybridized carbons (Fsp3) is 1.00. The van der Waals surface area contributed by atoms with E-state index in [0.29, 0.717) is 6.42 Å². The first-order valence-electron chi connectivity index (χ1n) is 4.31. The standard InChI is InChI=1S/C9H20O2/c1-4-5-8(11)6-9(2,3)7-10/h8,10-11H,4-7H2,1-3H3. The fourth-order valence-electron chi connectivity index (χ4n) is 1.14. The minimum Gasteiger partial charge on any atom is -0.396 e. The number of hydrogen-bond acceptors (Lipinski definition) is 2.